The maximum absolute atomic E-state index is 14.0. The lowest BCUT2D eigenvalue weighted by Crippen LogP contribution is -2.59. The Kier molecular flexibility index (Phi) is 10.1. The van der Waals surface area contributed by atoms with E-state index in [9.17, 15) is 19.2 Å². The van der Waals surface area contributed by atoms with Crippen LogP contribution < -0.4 is 0 Å². The quantitative estimate of drug-likeness (QED) is 0.242. The number of esters is 2. The second-order valence-corrected chi connectivity index (χ2v) is 14.0. The van der Waals surface area contributed by atoms with Gasteiger partial charge in [-0.25, -0.2) is 4.79 Å². The molecule has 2 bridgehead atoms. The monoisotopic (exact) mass is 625 g/mol. The maximum atomic E-state index is 14.0. The topological polar surface area (TPSA) is 136 Å². The first-order chi connectivity index (χ1) is 20.4. The van der Waals surface area contributed by atoms with Gasteiger partial charge in [-0.3, -0.25) is 14.4 Å². The lowest BCUT2D eigenvalue weighted by atomic mass is 9.76. The zero-order valence-electron chi connectivity index (χ0n) is 28.0. The number of ether oxygens (including phenoxy) is 7. The molecule has 2 unspecified atom stereocenters. The van der Waals surface area contributed by atoms with Crippen molar-refractivity contribution in [2.24, 2.45) is 23.7 Å². The van der Waals surface area contributed by atoms with E-state index in [0.29, 0.717) is 19.3 Å². The molecule has 0 saturated carbocycles. The normalized spacial score (nSPS) is 46.6. The van der Waals surface area contributed by atoms with Crippen molar-refractivity contribution in [3.63, 3.8) is 0 Å². The molecule has 0 spiro atoms. The summed E-state index contributed by atoms with van der Waals surface area (Å²) in [6.07, 6.45) is -4.09. The van der Waals surface area contributed by atoms with Gasteiger partial charge in [0, 0.05) is 18.8 Å². The van der Waals surface area contributed by atoms with Crippen molar-refractivity contribution >= 4 is 23.9 Å². The zero-order chi connectivity index (χ0) is 32.9. The van der Waals surface area contributed by atoms with Gasteiger partial charge in [-0.2, -0.15) is 0 Å². The summed E-state index contributed by atoms with van der Waals surface area (Å²) in [5, 5.41) is 0. The third kappa shape index (κ3) is 6.37. The van der Waals surface area contributed by atoms with Gasteiger partial charge in [-0.1, -0.05) is 27.7 Å². The summed E-state index contributed by atoms with van der Waals surface area (Å²) in [6.45, 7) is 15.9. The van der Waals surface area contributed by atoms with Crippen LogP contribution in [-0.2, 0) is 47.5 Å². The van der Waals surface area contributed by atoms with Crippen molar-refractivity contribution in [2.75, 3.05) is 14.1 Å². The van der Waals surface area contributed by atoms with Crippen molar-refractivity contribution < 1.29 is 52.3 Å². The minimum absolute atomic E-state index is 0.0480. The molecule has 4 heterocycles. The highest BCUT2D eigenvalue weighted by Gasteiger charge is 2.61. The lowest BCUT2D eigenvalue weighted by molar-refractivity contribution is -0.298. The van der Waals surface area contributed by atoms with Gasteiger partial charge in [0.25, 0.3) is 0 Å². The van der Waals surface area contributed by atoms with Crippen LogP contribution >= 0.6 is 0 Å². The van der Waals surface area contributed by atoms with Crippen LogP contribution in [0.3, 0.4) is 0 Å². The Hall–Kier alpha value is -2.28. The van der Waals surface area contributed by atoms with Crippen LogP contribution in [0.15, 0.2) is 0 Å². The van der Waals surface area contributed by atoms with Crippen LogP contribution in [0.4, 0.5) is 4.79 Å². The standard InChI is InChI=1S/C32H51NO11/c1-12-22-32(9,44-30(37)40-22)27-19(6)24-15(2)14-31(8,43-24)26(17(4)23(35)18(5)28(36)41-27)42-29-25(39-20(7)34)21(33(10)11)13-16(3)38-29/h15-19,21-22,24-27,29H,12-14H2,1-11H3/t15?,16-,17+,18-,19+,21+,22-,24?,25-,26-,27-,29+,31-,32-/m1/s1. The number of ketones is 1. The molecule has 0 radical (unpaired) electrons. The largest absolute Gasteiger partial charge is 0.509 e. The summed E-state index contributed by atoms with van der Waals surface area (Å²) in [6, 6.07) is -0.191. The average Bonchev–Trinajstić information content (AvgIpc) is 3.42. The zero-order valence-corrected chi connectivity index (χ0v) is 28.0. The first-order valence-corrected chi connectivity index (χ1v) is 15.9. The first kappa shape index (κ1) is 34.6. The van der Waals surface area contributed by atoms with Gasteiger partial charge in [0.2, 0.25) is 0 Å². The molecule has 4 saturated heterocycles. The van der Waals surface area contributed by atoms with Crippen LogP contribution in [0.1, 0.15) is 81.6 Å². The molecule has 0 aromatic rings. The minimum Gasteiger partial charge on any atom is -0.457 e. The molecular formula is C32H51NO11. The van der Waals surface area contributed by atoms with E-state index in [2.05, 4.69) is 0 Å². The number of rotatable bonds is 6. The summed E-state index contributed by atoms with van der Waals surface area (Å²) in [4.78, 5) is 54.1. The molecule has 4 fully saturated rings. The number of fused-ring (bicyclic) bond motifs is 2. The maximum Gasteiger partial charge on any atom is 0.509 e. The fourth-order valence-electron chi connectivity index (χ4n) is 7.97. The molecule has 0 aromatic carbocycles. The van der Waals surface area contributed by atoms with E-state index in [0.717, 1.165) is 0 Å². The molecule has 4 rings (SSSR count). The number of carbonyl (C=O) groups is 4. The third-order valence-electron chi connectivity index (χ3n) is 10.2. The molecule has 0 N–H and O–H groups in total. The number of hydrogen-bond acceptors (Lipinski definition) is 12. The van der Waals surface area contributed by atoms with Gasteiger partial charge >= 0.3 is 18.1 Å². The second kappa shape index (κ2) is 12.8. The van der Waals surface area contributed by atoms with Crippen LogP contribution in [0, 0.1) is 23.7 Å². The number of nitrogens with zero attached hydrogens (tertiary/aromatic N) is 1. The van der Waals surface area contributed by atoms with Crippen LogP contribution in [0.5, 0.6) is 0 Å². The summed E-state index contributed by atoms with van der Waals surface area (Å²) in [7, 11) is 3.81. The Morgan fingerprint density at radius 3 is 2.30 bits per heavy atom. The minimum atomic E-state index is -1.29. The van der Waals surface area contributed by atoms with E-state index in [1.165, 1.54) is 13.8 Å². The number of cyclic esters (lactones) is 3. The molecule has 0 aliphatic carbocycles. The Balaban J connectivity index is 1.76. The van der Waals surface area contributed by atoms with Crippen molar-refractivity contribution in [1.82, 2.24) is 4.90 Å². The predicted octanol–water partition coefficient (Wildman–Crippen LogP) is 3.66. The van der Waals surface area contributed by atoms with Crippen molar-refractivity contribution in [2.45, 2.75) is 142 Å². The fraction of sp³-hybridized carbons (Fsp3) is 0.875. The number of carbonyl (C=O) groups excluding carboxylic acids is 4. The highest BCUT2D eigenvalue weighted by atomic mass is 16.8. The summed E-state index contributed by atoms with van der Waals surface area (Å²) >= 11 is 0. The summed E-state index contributed by atoms with van der Waals surface area (Å²) in [5.74, 6) is -4.03. The SMILES string of the molecule is CC[C@H]1OC(=O)O[C@@]1(C)[C@@H]1OC(=O)[C@H](C)C(=O)[C@H](C)[C@@H](O[C@@H]2O[C@H](C)C[C@H](N(C)C)[C@H]2OC(C)=O)[C@@]2(C)CC(C)C(O2)[C@@H]1C. The van der Waals surface area contributed by atoms with Crippen molar-refractivity contribution in [3.8, 4) is 0 Å². The number of likely N-dealkylation sites (N-methyl/N-ethyl adjacent to an activating group) is 1. The third-order valence-corrected chi connectivity index (χ3v) is 10.2. The van der Waals surface area contributed by atoms with Crippen molar-refractivity contribution in [1.29, 1.82) is 0 Å². The molecule has 4 aliphatic rings. The molecule has 44 heavy (non-hydrogen) atoms. The van der Waals surface area contributed by atoms with E-state index >= 15 is 0 Å². The van der Waals surface area contributed by atoms with Crippen LogP contribution in [-0.4, -0.2) is 103 Å². The fourth-order valence-corrected chi connectivity index (χ4v) is 7.97. The summed E-state index contributed by atoms with van der Waals surface area (Å²) in [5.41, 5.74) is -2.27. The first-order valence-electron chi connectivity index (χ1n) is 15.9. The highest BCUT2D eigenvalue weighted by Crippen LogP contribution is 2.48. The van der Waals surface area contributed by atoms with E-state index in [-0.39, 0.29) is 23.8 Å². The molecule has 0 aromatic heterocycles. The van der Waals surface area contributed by atoms with Gasteiger partial charge in [-0.05, 0) is 67.0 Å². The molecular weight excluding hydrogens is 574 g/mol. The van der Waals surface area contributed by atoms with Gasteiger partial charge in [-0.15, -0.1) is 0 Å². The van der Waals surface area contributed by atoms with E-state index in [4.69, 9.17) is 33.2 Å². The Bertz CT molecular complexity index is 1110. The lowest BCUT2D eigenvalue weighted by Gasteiger charge is -2.46. The van der Waals surface area contributed by atoms with Crippen LogP contribution in [0.2, 0.25) is 0 Å². The number of hydrogen-bond donors (Lipinski definition) is 0. The molecule has 250 valence electrons. The van der Waals surface area contributed by atoms with Crippen LogP contribution in [0.25, 0.3) is 0 Å². The smallest absolute Gasteiger partial charge is 0.457 e. The molecule has 14 atom stereocenters. The van der Waals surface area contributed by atoms with Gasteiger partial charge in [0.1, 0.15) is 18.1 Å². The number of Topliss-reactive ketones (excluding diaryl/α,β-unsaturated/α-hetero) is 1. The molecule has 12 heteroatoms. The highest BCUT2D eigenvalue weighted by molar-refractivity contribution is 6.00. The van der Waals surface area contributed by atoms with Gasteiger partial charge in [0.05, 0.1) is 30.0 Å². The van der Waals surface area contributed by atoms with Crippen molar-refractivity contribution in [3.05, 3.63) is 0 Å². The Labute approximate surface area is 260 Å². The molecule has 0 amide bonds. The second-order valence-electron chi connectivity index (χ2n) is 14.0. The van der Waals surface area contributed by atoms with E-state index in [1.807, 2.05) is 53.6 Å². The summed E-state index contributed by atoms with van der Waals surface area (Å²) < 4.78 is 42.9. The molecule has 4 aliphatic heterocycles. The predicted molar refractivity (Wildman–Crippen MR) is 156 cm³/mol. The van der Waals surface area contributed by atoms with E-state index in [1.54, 1.807) is 13.8 Å². The average molecular weight is 626 g/mol. The molecule has 12 nitrogen and oxygen atoms in total. The Morgan fingerprint density at radius 1 is 1.05 bits per heavy atom. The van der Waals surface area contributed by atoms with Gasteiger partial charge < -0.3 is 38.1 Å². The van der Waals surface area contributed by atoms with Gasteiger partial charge in [0.15, 0.2) is 23.8 Å². The van der Waals surface area contributed by atoms with E-state index < -0.39 is 83.9 Å². The Morgan fingerprint density at radius 2 is 1.70 bits per heavy atom.